The maximum absolute atomic E-state index is 12.7. The van der Waals surface area contributed by atoms with Gasteiger partial charge in [0.1, 0.15) is 30.4 Å². The Morgan fingerprint density at radius 3 is 2.27 bits per heavy atom. The standard InChI is InChI=1S/C19H34N4O10/c1-8(6-23(18(30)9(2)20)11(17(21)29)4-5-13(26)27)32-16-14(22-10(3)25)19(31)33-12(7-24)15(16)28/h8-9,11-12,14-16,19,24,28,31H,4-7,20H2,1-3H3,(H2,21,29)(H,22,25)(H,26,27)/t8?,9-,11-,12-,14-,15-,16-,19+/m1/s1. The maximum atomic E-state index is 12.7. The number of carbonyl (C=O) groups excluding carboxylic acids is 3. The van der Waals surface area contributed by atoms with Crippen molar-refractivity contribution in [3.05, 3.63) is 0 Å². The molecule has 9 N–H and O–H groups in total. The van der Waals surface area contributed by atoms with Crippen LogP contribution in [0, 0.1) is 0 Å². The minimum Gasteiger partial charge on any atom is -0.481 e. The number of carboxylic acid groups (broad SMARTS) is 1. The van der Waals surface area contributed by atoms with E-state index in [1.165, 1.54) is 20.8 Å². The minimum atomic E-state index is -1.61. The van der Waals surface area contributed by atoms with Crippen molar-refractivity contribution in [2.45, 2.75) is 82.4 Å². The third-order valence-corrected chi connectivity index (χ3v) is 5.09. The van der Waals surface area contributed by atoms with E-state index in [0.717, 1.165) is 4.90 Å². The molecule has 1 saturated heterocycles. The van der Waals surface area contributed by atoms with Gasteiger partial charge in [0.2, 0.25) is 17.7 Å². The van der Waals surface area contributed by atoms with Gasteiger partial charge in [0.15, 0.2) is 6.29 Å². The number of carbonyl (C=O) groups is 4. The molecule has 0 aliphatic carbocycles. The smallest absolute Gasteiger partial charge is 0.303 e. The van der Waals surface area contributed by atoms with Gasteiger partial charge in [-0.05, 0) is 20.3 Å². The molecule has 1 rings (SSSR count). The first-order chi connectivity index (χ1) is 15.3. The van der Waals surface area contributed by atoms with Crippen molar-refractivity contribution in [3.8, 4) is 0 Å². The van der Waals surface area contributed by atoms with Crippen molar-refractivity contribution in [1.82, 2.24) is 10.2 Å². The lowest BCUT2D eigenvalue weighted by atomic mass is 9.96. The van der Waals surface area contributed by atoms with Crippen LogP contribution in [-0.2, 0) is 28.7 Å². The van der Waals surface area contributed by atoms with E-state index in [0.29, 0.717) is 0 Å². The zero-order chi connectivity index (χ0) is 25.5. The second-order valence-corrected chi connectivity index (χ2v) is 8.01. The number of ether oxygens (including phenoxy) is 2. The molecule has 190 valence electrons. The first kappa shape index (κ1) is 28.7. The fourth-order valence-corrected chi connectivity index (χ4v) is 3.57. The van der Waals surface area contributed by atoms with Crippen molar-refractivity contribution in [2.24, 2.45) is 11.5 Å². The average molecular weight is 478 g/mol. The van der Waals surface area contributed by atoms with E-state index in [1.54, 1.807) is 0 Å². The monoisotopic (exact) mass is 478 g/mol. The molecule has 0 saturated carbocycles. The number of carboxylic acids is 1. The van der Waals surface area contributed by atoms with Gasteiger partial charge in [0.05, 0.1) is 18.8 Å². The zero-order valence-corrected chi connectivity index (χ0v) is 18.8. The number of rotatable bonds is 12. The molecule has 3 amide bonds. The highest BCUT2D eigenvalue weighted by Gasteiger charge is 2.46. The molecule has 1 fully saturated rings. The van der Waals surface area contributed by atoms with Crippen LogP contribution < -0.4 is 16.8 Å². The Morgan fingerprint density at radius 1 is 1.21 bits per heavy atom. The lowest BCUT2D eigenvalue weighted by Gasteiger charge is -2.44. The van der Waals surface area contributed by atoms with Gasteiger partial charge in [-0.2, -0.15) is 0 Å². The second kappa shape index (κ2) is 12.8. The highest BCUT2D eigenvalue weighted by molar-refractivity contribution is 5.89. The number of nitrogens with one attached hydrogen (secondary N) is 1. The summed E-state index contributed by atoms with van der Waals surface area (Å²) < 4.78 is 10.9. The first-order valence-corrected chi connectivity index (χ1v) is 10.4. The fraction of sp³-hybridized carbons (Fsp3) is 0.789. The van der Waals surface area contributed by atoms with Crippen molar-refractivity contribution in [3.63, 3.8) is 0 Å². The summed E-state index contributed by atoms with van der Waals surface area (Å²) in [6, 6.07) is -3.53. The molecule has 0 aromatic rings. The highest BCUT2D eigenvalue weighted by atomic mass is 16.6. The Morgan fingerprint density at radius 2 is 1.82 bits per heavy atom. The fourth-order valence-electron chi connectivity index (χ4n) is 3.57. The van der Waals surface area contributed by atoms with Gasteiger partial charge < -0.3 is 51.6 Å². The lowest BCUT2D eigenvalue weighted by Crippen LogP contribution is -2.65. The maximum Gasteiger partial charge on any atom is 0.303 e. The normalized spacial score (nSPS) is 27.8. The van der Waals surface area contributed by atoms with Crippen LogP contribution >= 0.6 is 0 Å². The zero-order valence-electron chi connectivity index (χ0n) is 18.8. The van der Waals surface area contributed by atoms with Crippen LogP contribution in [0.2, 0.25) is 0 Å². The molecule has 0 aromatic carbocycles. The Bertz CT molecular complexity index is 706. The highest BCUT2D eigenvalue weighted by Crippen LogP contribution is 2.24. The van der Waals surface area contributed by atoms with Crippen molar-refractivity contribution in [2.75, 3.05) is 13.2 Å². The molecule has 1 unspecified atom stereocenters. The summed E-state index contributed by atoms with van der Waals surface area (Å²) >= 11 is 0. The second-order valence-electron chi connectivity index (χ2n) is 8.01. The van der Waals surface area contributed by atoms with Gasteiger partial charge in [-0.25, -0.2) is 0 Å². The van der Waals surface area contributed by atoms with Crippen LogP contribution in [-0.4, -0.2) is 111 Å². The Hall–Kier alpha value is -2.36. The molecule has 0 aromatic heterocycles. The van der Waals surface area contributed by atoms with Crippen molar-refractivity contribution < 1.29 is 49.1 Å². The number of aliphatic hydroxyl groups excluding tert-OH is 3. The summed E-state index contributed by atoms with van der Waals surface area (Å²) in [7, 11) is 0. The number of nitrogens with zero attached hydrogens (tertiary/aromatic N) is 1. The van der Waals surface area contributed by atoms with Crippen LogP contribution in [0.3, 0.4) is 0 Å². The quantitative estimate of drug-likeness (QED) is 0.144. The van der Waals surface area contributed by atoms with E-state index in [2.05, 4.69) is 5.32 Å². The Kier molecular flexibility index (Phi) is 11.1. The summed E-state index contributed by atoms with van der Waals surface area (Å²) in [5.41, 5.74) is 11.1. The lowest BCUT2D eigenvalue weighted by molar-refractivity contribution is -0.268. The van der Waals surface area contributed by atoms with Crippen LogP contribution in [0.4, 0.5) is 0 Å². The van der Waals surface area contributed by atoms with E-state index >= 15 is 0 Å². The predicted molar refractivity (Wildman–Crippen MR) is 111 cm³/mol. The van der Waals surface area contributed by atoms with Gasteiger partial charge in [-0.1, -0.05) is 0 Å². The summed E-state index contributed by atoms with van der Waals surface area (Å²) in [5, 5.41) is 41.5. The summed E-state index contributed by atoms with van der Waals surface area (Å²) in [6.45, 7) is 3.13. The van der Waals surface area contributed by atoms with Crippen LogP contribution in [0.25, 0.3) is 0 Å². The summed E-state index contributed by atoms with van der Waals surface area (Å²) in [4.78, 5) is 48.2. The minimum absolute atomic E-state index is 0.254. The molecule has 33 heavy (non-hydrogen) atoms. The third kappa shape index (κ3) is 8.17. The number of primary amides is 1. The molecular weight excluding hydrogens is 444 g/mol. The SMILES string of the molecule is CC(=O)N[C@@H]1[C@@H](OC(C)CN(C(=O)[C@@H](C)N)[C@H](CCC(=O)O)C(N)=O)[C@H](O)[C@@H](CO)O[C@@H]1O. The number of hydrogen-bond donors (Lipinski definition) is 7. The molecule has 0 bridgehead atoms. The van der Waals surface area contributed by atoms with Gasteiger partial charge >= 0.3 is 5.97 Å². The Labute approximate surface area is 190 Å². The summed E-state index contributed by atoms with van der Waals surface area (Å²) in [6.07, 6.45) is -7.15. The number of aliphatic hydroxyl groups is 3. The van der Waals surface area contributed by atoms with E-state index in [9.17, 15) is 34.5 Å². The van der Waals surface area contributed by atoms with Gasteiger partial charge in [0.25, 0.3) is 0 Å². The molecule has 1 heterocycles. The van der Waals surface area contributed by atoms with E-state index < -0.39 is 85.5 Å². The van der Waals surface area contributed by atoms with E-state index in [4.69, 9.17) is 26.0 Å². The molecule has 8 atom stereocenters. The third-order valence-electron chi connectivity index (χ3n) is 5.09. The molecular formula is C19H34N4O10. The molecule has 14 heteroatoms. The van der Waals surface area contributed by atoms with Crippen molar-refractivity contribution in [1.29, 1.82) is 0 Å². The summed E-state index contributed by atoms with van der Waals surface area (Å²) in [5.74, 6) is -3.35. The van der Waals surface area contributed by atoms with Crippen LogP contribution in [0.5, 0.6) is 0 Å². The number of hydrogen-bond acceptors (Lipinski definition) is 10. The van der Waals surface area contributed by atoms with E-state index in [1.807, 2.05) is 0 Å². The van der Waals surface area contributed by atoms with Crippen LogP contribution in [0.1, 0.15) is 33.6 Å². The average Bonchev–Trinajstić information content (AvgIpc) is 2.70. The molecule has 14 nitrogen and oxygen atoms in total. The van der Waals surface area contributed by atoms with Gasteiger partial charge in [0, 0.05) is 19.9 Å². The molecule has 1 aliphatic heterocycles. The predicted octanol–water partition coefficient (Wildman–Crippen LogP) is -3.77. The number of aliphatic carboxylic acids is 1. The van der Waals surface area contributed by atoms with Crippen LogP contribution in [0.15, 0.2) is 0 Å². The topological polar surface area (TPSA) is 235 Å². The Balaban J connectivity index is 3.13. The largest absolute Gasteiger partial charge is 0.481 e. The first-order valence-electron chi connectivity index (χ1n) is 10.4. The van der Waals surface area contributed by atoms with E-state index in [-0.39, 0.29) is 13.0 Å². The van der Waals surface area contributed by atoms with Gasteiger partial charge in [-0.3, -0.25) is 19.2 Å². The van der Waals surface area contributed by atoms with Gasteiger partial charge in [-0.15, -0.1) is 0 Å². The number of amides is 3. The molecule has 0 spiro atoms. The molecule has 1 aliphatic rings. The van der Waals surface area contributed by atoms with Crippen molar-refractivity contribution >= 4 is 23.7 Å². The number of nitrogens with two attached hydrogens (primary N) is 2. The molecule has 0 radical (unpaired) electrons.